The van der Waals surface area contributed by atoms with E-state index in [0.717, 1.165) is 10.8 Å². The molecule has 7 nitrogen and oxygen atoms in total. The van der Waals surface area contributed by atoms with Crippen LogP contribution in [0.25, 0.3) is 10.8 Å². The minimum absolute atomic E-state index is 0.0477. The van der Waals surface area contributed by atoms with Gasteiger partial charge >= 0.3 is 0 Å². The van der Waals surface area contributed by atoms with Gasteiger partial charge in [0.2, 0.25) is 0 Å². The standard InChI is InChI=1S/C22H20BrN3O4S/c1-2-29-19-11-10-15(12-17(19)23)21(28)24-22(31)26-25-20(27)13-30-18-9-5-7-14-6-3-4-8-16(14)18/h3-12H,2,13H2,1H3,(H,25,27)(H2,24,26,28,31). The molecule has 3 rings (SSSR count). The summed E-state index contributed by atoms with van der Waals surface area (Å²) in [5.41, 5.74) is 5.26. The fourth-order valence-corrected chi connectivity index (χ4v) is 3.39. The second-order valence-electron chi connectivity index (χ2n) is 6.30. The number of carbonyl (C=O) groups excluding carboxylic acids is 2. The van der Waals surface area contributed by atoms with Crippen LogP contribution in [0, 0.1) is 0 Å². The van der Waals surface area contributed by atoms with E-state index >= 15 is 0 Å². The van der Waals surface area contributed by atoms with Gasteiger partial charge in [-0.05, 0) is 64.7 Å². The molecule has 0 aliphatic rings. The van der Waals surface area contributed by atoms with Crippen LogP contribution in [0.15, 0.2) is 65.1 Å². The van der Waals surface area contributed by atoms with Crippen LogP contribution in [0.2, 0.25) is 0 Å². The number of carbonyl (C=O) groups is 2. The van der Waals surface area contributed by atoms with E-state index in [1.54, 1.807) is 24.3 Å². The predicted molar refractivity (Wildman–Crippen MR) is 126 cm³/mol. The number of amides is 2. The lowest BCUT2D eigenvalue weighted by Gasteiger charge is -2.13. The zero-order chi connectivity index (χ0) is 22.2. The van der Waals surface area contributed by atoms with Crippen molar-refractivity contribution in [3.8, 4) is 11.5 Å². The molecule has 0 aromatic heterocycles. The molecule has 0 heterocycles. The third-order valence-corrected chi connectivity index (χ3v) is 4.97. The molecular formula is C22H20BrN3O4S. The minimum Gasteiger partial charge on any atom is -0.493 e. The van der Waals surface area contributed by atoms with Gasteiger partial charge in [-0.3, -0.25) is 25.8 Å². The smallest absolute Gasteiger partial charge is 0.276 e. The molecule has 3 aromatic carbocycles. The second kappa shape index (κ2) is 10.7. The Morgan fingerprint density at radius 2 is 1.74 bits per heavy atom. The van der Waals surface area contributed by atoms with Crippen molar-refractivity contribution in [2.45, 2.75) is 6.92 Å². The van der Waals surface area contributed by atoms with E-state index in [2.05, 4.69) is 32.1 Å². The third kappa shape index (κ3) is 6.16. The van der Waals surface area contributed by atoms with Gasteiger partial charge in [0, 0.05) is 10.9 Å². The normalized spacial score (nSPS) is 10.3. The largest absolute Gasteiger partial charge is 0.493 e. The Kier molecular flexibility index (Phi) is 7.80. The van der Waals surface area contributed by atoms with Crippen LogP contribution < -0.4 is 25.6 Å². The molecule has 0 saturated carbocycles. The molecule has 0 atom stereocenters. The quantitative estimate of drug-likeness (QED) is 0.352. The van der Waals surface area contributed by atoms with Gasteiger partial charge in [-0.15, -0.1) is 0 Å². The molecule has 0 saturated heterocycles. The predicted octanol–water partition coefficient (Wildman–Crippen LogP) is 3.72. The first-order valence-corrected chi connectivity index (χ1v) is 10.6. The van der Waals surface area contributed by atoms with Crippen molar-refractivity contribution in [3.63, 3.8) is 0 Å². The molecule has 0 spiro atoms. The summed E-state index contributed by atoms with van der Waals surface area (Å²) in [6.07, 6.45) is 0. The average Bonchev–Trinajstić information content (AvgIpc) is 2.77. The summed E-state index contributed by atoms with van der Waals surface area (Å²) in [6, 6.07) is 18.3. The van der Waals surface area contributed by atoms with Crippen molar-refractivity contribution in [3.05, 3.63) is 70.7 Å². The minimum atomic E-state index is -0.451. The van der Waals surface area contributed by atoms with E-state index in [0.29, 0.717) is 28.1 Å². The molecule has 3 N–H and O–H groups in total. The molecule has 0 radical (unpaired) electrons. The van der Waals surface area contributed by atoms with E-state index in [1.807, 2.05) is 43.3 Å². The van der Waals surface area contributed by atoms with Gasteiger partial charge in [0.05, 0.1) is 11.1 Å². The van der Waals surface area contributed by atoms with Crippen LogP contribution in [0.3, 0.4) is 0 Å². The Morgan fingerprint density at radius 3 is 2.52 bits per heavy atom. The topological polar surface area (TPSA) is 88.7 Å². The van der Waals surface area contributed by atoms with Crippen LogP contribution in [0.5, 0.6) is 11.5 Å². The second-order valence-corrected chi connectivity index (χ2v) is 7.56. The first kappa shape index (κ1) is 22.5. The van der Waals surface area contributed by atoms with Crippen molar-refractivity contribution >= 4 is 55.8 Å². The average molecular weight is 502 g/mol. The number of hydrazine groups is 1. The number of thiocarbonyl (C=S) groups is 1. The number of ether oxygens (including phenoxy) is 2. The highest BCUT2D eigenvalue weighted by Gasteiger charge is 2.12. The Morgan fingerprint density at radius 1 is 0.968 bits per heavy atom. The molecule has 0 unspecified atom stereocenters. The van der Waals surface area contributed by atoms with Gasteiger partial charge in [0.25, 0.3) is 11.8 Å². The molecule has 0 fully saturated rings. The highest BCUT2D eigenvalue weighted by atomic mass is 79.9. The van der Waals surface area contributed by atoms with Crippen LogP contribution in [-0.4, -0.2) is 30.1 Å². The molecule has 3 aromatic rings. The molecule has 9 heteroatoms. The van der Waals surface area contributed by atoms with Crippen molar-refractivity contribution in [1.29, 1.82) is 0 Å². The lowest BCUT2D eigenvalue weighted by atomic mass is 10.1. The fourth-order valence-electron chi connectivity index (χ4n) is 2.75. The highest BCUT2D eigenvalue weighted by molar-refractivity contribution is 9.10. The maximum Gasteiger partial charge on any atom is 0.276 e. The van der Waals surface area contributed by atoms with Gasteiger partial charge in [-0.2, -0.15) is 0 Å². The van der Waals surface area contributed by atoms with E-state index in [9.17, 15) is 9.59 Å². The maximum atomic E-state index is 12.3. The molecular weight excluding hydrogens is 482 g/mol. The van der Waals surface area contributed by atoms with Crippen LogP contribution in [0.4, 0.5) is 0 Å². The summed E-state index contributed by atoms with van der Waals surface area (Å²) in [7, 11) is 0. The lowest BCUT2D eigenvalue weighted by Crippen LogP contribution is -2.49. The van der Waals surface area contributed by atoms with Gasteiger partial charge in [0.1, 0.15) is 11.5 Å². The van der Waals surface area contributed by atoms with Gasteiger partial charge in [0.15, 0.2) is 11.7 Å². The molecule has 2 amide bonds. The summed E-state index contributed by atoms with van der Waals surface area (Å²) in [5, 5.41) is 4.37. The number of hydrogen-bond acceptors (Lipinski definition) is 5. The highest BCUT2D eigenvalue weighted by Crippen LogP contribution is 2.26. The Balaban J connectivity index is 1.47. The summed E-state index contributed by atoms with van der Waals surface area (Å²) < 4.78 is 11.7. The van der Waals surface area contributed by atoms with Crippen molar-refractivity contribution in [1.82, 2.24) is 16.2 Å². The summed E-state index contributed by atoms with van der Waals surface area (Å²) in [5.74, 6) is 0.360. The van der Waals surface area contributed by atoms with Crippen molar-refractivity contribution in [2.75, 3.05) is 13.2 Å². The van der Waals surface area contributed by atoms with E-state index in [-0.39, 0.29) is 11.7 Å². The number of nitrogens with one attached hydrogen (secondary N) is 3. The summed E-state index contributed by atoms with van der Waals surface area (Å²) in [6.45, 7) is 2.17. The van der Waals surface area contributed by atoms with Crippen LogP contribution >= 0.6 is 28.1 Å². The van der Waals surface area contributed by atoms with Gasteiger partial charge < -0.3 is 9.47 Å². The van der Waals surface area contributed by atoms with Crippen LogP contribution in [-0.2, 0) is 4.79 Å². The molecule has 0 bridgehead atoms. The van der Waals surface area contributed by atoms with Gasteiger partial charge in [-0.1, -0.05) is 36.4 Å². The Hall–Kier alpha value is -3.17. The lowest BCUT2D eigenvalue weighted by molar-refractivity contribution is -0.123. The monoisotopic (exact) mass is 501 g/mol. The summed E-state index contributed by atoms with van der Waals surface area (Å²) in [4.78, 5) is 24.4. The van der Waals surface area contributed by atoms with E-state index in [1.165, 1.54) is 0 Å². The van der Waals surface area contributed by atoms with Crippen LogP contribution in [0.1, 0.15) is 17.3 Å². The molecule has 31 heavy (non-hydrogen) atoms. The van der Waals surface area contributed by atoms with E-state index < -0.39 is 11.8 Å². The number of halogens is 1. The van der Waals surface area contributed by atoms with Crippen molar-refractivity contribution in [2.24, 2.45) is 0 Å². The number of fused-ring (bicyclic) bond motifs is 1. The fraction of sp³-hybridized carbons (Fsp3) is 0.136. The SMILES string of the molecule is CCOc1ccc(C(=O)NC(=S)NNC(=O)COc2cccc3ccccc23)cc1Br. The Bertz CT molecular complexity index is 1120. The number of benzene rings is 3. The van der Waals surface area contributed by atoms with Crippen molar-refractivity contribution < 1.29 is 19.1 Å². The molecule has 0 aliphatic carbocycles. The maximum absolute atomic E-state index is 12.3. The molecule has 160 valence electrons. The van der Waals surface area contributed by atoms with Gasteiger partial charge in [-0.25, -0.2) is 0 Å². The first-order chi connectivity index (χ1) is 15.0. The first-order valence-electron chi connectivity index (χ1n) is 9.41. The number of rotatable bonds is 6. The Labute approximate surface area is 193 Å². The zero-order valence-corrected chi connectivity index (χ0v) is 19.0. The number of hydrogen-bond donors (Lipinski definition) is 3. The zero-order valence-electron chi connectivity index (χ0n) is 16.6. The summed E-state index contributed by atoms with van der Waals surface area (Å²) >= 11 is 8.41. The van der Waals surface area contributed by atoms with E-state index in [4.69, 9.17) is 21.7 Å². The molecule has 0 aliphatic heterocycles. The third-order valence-electron chi connectivity index (χ3n) is 4.14.